The van der Waals surface area contributed by atoms with Crippen molar-refractivity contribution >= 4 is 0 Å². The Labute approximate surface area is 85.6 Å². The van der Waals surface area contributed by atoms with Gasteiger partial charge in [0.15, 0.2) is 0 Å². The maximum Gasteiger partial charge on any atom is 0.0915 e. The highest BCUT2D eigenvalue weighted by Crippen LogP contribution is 1.82. The van der Waals surface area contributed by atoms with Gasteiger partial charge in [-0.25, -0.2) is 5.48 Å². The molecule has 0 heterocycles. The topological polar surface area (TPSA) is 49.0 Å². The Balaban J connectivity index is 2.78. The lowest BCUT2D eigenvalue weighted by Crippen LogP contribution is -2.22. The molecule has 0 saturated heterocycles. The van der Waals surface area contributed by atoms with Crippen molar-refractivity contribution in [2.45, 2.75) is 6.42 Å². The van der Waals surface area contributed by atoms with Gasteiger partial charge in [0.05, 0.1) is 19.8 Å². The van der Waals surface area contributed by atoms with E-state index >= 15 is 0 Å². The van der Waals surface area contributed by atoms with Crippen LogP contribution >= 0.6 is 0 Å². The van der Waals surface area contributed by atoms with E-state index in [0.717, 1.165) is 19.6 Å². The van der Waals surface area contributed by atoms with Gasteiger partial charge in [0.2, 0.25) is 0 Å². The molecule has 0 aliphatic carbocycles. The molecule has 0 atom stereocenters. The van der Waals surface area contributed by atoms with Crippen LogP contribution in [0, 0.1) is 0 Å². The zero-order chi connectivity index (χ0) is 10.5. The Morgan fingerprint density at radius 3 is 2.36 bits per heavy atom. The fourth-order valence-electron chi connectivity index (χ4n) is 0.791. The van der Waals surface area contributed by atoms with Crippen molar-refractivity contribution < 1.29 is 19.0 Å². The first-order chi connectivity index (χ1) is 6.91. The van der Waals surface area contributed by atoms with Crippen molar-refractivity contribution in [2.24, 2.45) is 0 Å². The molecule has 5 heteroatoms. The predicted molar refractivity (Wildman–Crippen MR) is 53.1 cm³/mol. The Morgan fingerprint density at radius 2 is 1.64 bits per heavy atom. The van der Waals surface area contributed by atoms with Crippen LogP contribution < -0.4 is 5.48 Å². The average molecular weight is 207 g/mol. The van der Waals surface area contributed by atoms with Gasteiger partial charge in [-0.1, -0.05) is 0 Å². The minimum atomic E-state index is 0.556. The Morgan fingerprint density at radius 1 is 0.857 bits per heavy atom. The molecular formula is C9H21NO4. The molecular weight excluding hydrogens is 186 g/mol. The zero-order valence-corrected chi connectivity index (χ0v) is 9.08. The van der Waals surface area contributed by atoms with E-state index in [4.69, 9.17) is 19.0 Å². The predicted octanol–water partition coefficient (Wildman–Crippen LogP) is 0.207. The van der Waals surface area contributed by atoms with Crippen molar-refractivity contribution in [1.29, 1.82) is 0 Å². The number of methoxy groups -OCH3 is 2. The van der Waals surface area contributed by atoms with Gasteiger partial charge in [0.25, 0.3) is 0 Å². The molecule has 0 amide bonds. The van der Waals surface area contributed by atoms with Crippen LogP contribution in [0.25, 0.3) is 0 Å². The van der Waals surface area contributed by atoms with E-state index in [2.05, 4.69) is 5.48 Å². The smallest absolute Gasteiger partial charge is 0.0915 e. The van der Waals surface area contributed by atoms with Gasteiger partial charge in [-0.2, -0.15) is 0 Å². The van der Waals surface area contributed by atoms with E-state index in [1.807, 2.05) is 0 Å². The summed E-state index contributed by atoms with van der Waals surface area (Å²) < 4.78 is 15.0. The number of hydrogen-bond donors (Lipinski definition) is 1. The molecule has 0 unspecified atom stereocenters. The van der Waals surface area contributed by atoms with Crippen molar-refractivity contribution in [3.05, 3.63) is 0 Å². The molecule has 0 aromatic carbocycles. The number of hydrogen-bond acceptors (Lipinski definition) is 5. The molecule has 0 bridgehead atoms. The van der Waals surface area contributed by atoms with Gasteiger partial charge >= 0.3 is 0 Å². The largest absolute Gasteiger partial charge is 0.385 e. The van der Waals surface area contributed by atoms with Crippen LogP contribution in [0.1, 0.15) is 6.42 Å². The third kappa shape index (κ3) is 11.8. The first-order valence-corrected chi connectivity index (χ1v) is 4.82. The molecule has 0 fully saturated rings. The standard InChI is InChI=1S/C9H21NO4/c1-11-5-3-6-13-7-4-10-14-9-8-12-2/h10H,3-9H2,1-2H3. The quantitative estimate of drug-likeness (QED) is 0.387. The molecule has 1 N–H and O–H groups in total. The van der Waals surface area contributed by atoms with Crippen LogP contribution in [0.3, 0.4) is 0 Å². The Kier molecular flexibility index (Phi) is 12.6. The summed E-state index contributed by atoms with van der Waals surface area (Å²) in [4.78, 5) is 5.02. The lowest BCUT2D eigenvalue weighted by Gasteiger charge is -2.06. The molecule has 0 rings (SSSR count). The van der Waals surface area contributed by atoms with E-state index in [1.54, 1.807) is 14.2 Å². The molecule has 0 aliphatic rings. The minimum Gasteiger partial charge on any atom is -0.385 e. The summed E-state index contributed by atoms with van der Waals surface area (Å²) in [6.07, 6.45) is 0.932. The molecule has 5 nitrogen and oxygen atoms in total. The minimum absolute atomic E-state index is 0.556. The second-order valence-electron chi connectivity index (χ2n) is 2.69. The summed E-state index contributed by atoms with van der Waals surface area (Å²) >= 11 is 0. The maximum atomic E-state index is 5.29. The fraction of sp³-hybridized carbons (Fsp3) is 1.00. The molecule has 0 saturated carbocycles. The monoisotopic (exact) mass is 207 g/mol. The summed E-state index contributed by atoms with van der Waals surface area (Å²) in [5.41, 5.74) is 2.77. The Hall–Kier alpha value is -0.200. The van der Waals surface area contributed by atoms with E-state index in [-0.39, 0.29) is 0 Å². The van der Waals surface area contributed by atoms with Gasteiger partial charge in [-0.3, -0.25) is 4.84 Å². The van der Waals surface area contributed by atoms with Crippen LogP contribution in [-0.2, 0) is 19.0 Å². The number of ether oxygens (including phenoxy) is 3. The SMILES string of the molecule is COCCCOCCNOCCOC. The third-order valence-electron chi connectivity index (χ3n) is 1.48. The second kappa shape index (κ2) is 12.8. The summed E-state index contributed by atoms with van der Waals surface area (Å²) in [6, 6.07) is 0. The number of rotatable bonds is 11. The van der Waals surface area contributed by atoms with Crippen LogP contribution in [0.15, 0.2) is 0 Å². The molecule has 0 aromatic heterocycles. The normalized spacial score (nSPS) is 10.7. The highest BCUT2D eigenvalue weighted by Gasteiger charge is 1.89. The third-order valence-corrected chi connectivity index (χ3v) is 1.48. The van der Waals surface area contributed by atoms with Gasteiger partial charge in [-0.05, 0) is 6.42 Å². The van der Waals surface area contributed by atoms with Gasteiger partial charge in [0, 0.05) is 34.0 Å². The first kappa shape index (κ1) is 13.8. The van der Waals surface area contributed by atoms with Crippen LogP contribution in [0.2, 0.25) is 0 Å². The first-order valence-electron chi connectivity index (χ1n) is 4.82. The highest BCUT2D eigenvalue weighted by atomic mass is 16.7. The summed E-state index contributed by atoms with van der Waals surface area (Å²) in [6.45, 7) is 3.97. The lowest BCUT2D eigenvalue weighted by molar-refractivity contribution is -0.00657. The van der Waals surface area contributed by atoms with E-state index in [9.17, 15) is 0 Å². The molecule has 14 heavy (non-hydrogen) atoms. The van der Waals surface area contributed by atoms with E-state index < -0.39 is 0 Å². The van der Waals surface area contributed by atoms with Crippen molar-refractivity contribution in [3.63, 3.8) is 0 Å². The summed E-state index contributed by atoms with van der Waals surface area (Å²) in [5.74, 6) is 0. The summed E-state index contributed by atoms with van der Waals surface area (Å²) in [5, 5.41) is 0. The molecule has 86 valence electrons. The molecule has 0 spiro atoms. The van der Waals surface area contributed by atoms with E-state index in [1.165, 1.54) is 0 Å². The van der Waals surface area contributed by atoms with Crippen molar-refractivity contribution in [1.82, 2.24) is 5.48 Å². The fourth-order valence-corrected chi connectivity index (χ4v) is 0.791. The average Bonchev–Trinajstić information content (AvgIpc) is 2.21. The van der Waals surface area contributed by atoms with Gasteiger partial charge in [-0.15, -0.1) is 0 Å². The molecule has 0 aromatic rings. The molecule has 0 radical (unpaired) electrons. The number of hydroxylamine groups is 1. The van der Waals surface area contributed by atoms with Crippen LogP contribution in [0.4, 0.5) is 0 Å². The van der Waals surface area contributed by atoms with Crippen LogP contribution in [0.5, 0.6) is 0 Å². The Bertz CT molecular complexity index is 90.8. The van der Waals surface area contributed by atoms with Crippen LogP contribution in [-0.4, -0.2) is 53.8 Å². The highest BCUT2D eigenvalue weighted by molar-refractivity contribution is 4.36. The lowest BCUT2D eigenvalue weighted by atomic mass is 10.5. The number of nitrogens with one attached hydrogen (secondary N) is 1. The van der Waals surface area contributed by atoms with Gasteiger partial charge < -0.3 is 14.2 Å². The maximum absolute atomic E-state index is 5.29. The van der Waals surface area contributed by atoms with Gasteiger partial charge in [0.1, 0.15) is 0 Å². The second-order valence-corrected chi connectivity index (χ2v) is 2.69. The zero-order valence-electron chi connectivity index (χ0n) is 9.08. The van der Waals surface area contributed by atoms with Crippen molar-refractivity contribution in [3.8, 4) is 0 Å². The van der Waals surface area contributed by atoms with Crippen molar-refractivity contribution in [2.75, 3.05) is 53.8 Å². The summed E-state index contributed by atoms with van der Waals surface area (Å²) in [7, 11) is 3.33. The van der Waals surface area contributed by atoms with E-state index in [0.29, 0.717) is 26.4 Å². The molecule has 0 aliphatic heterocycles.